The summed E-state index contributed by atoms with van der Waals surface area (Å²) in [6, 6.07) is 15.9. The van der Waals surface area contributed by atoms with Gasteiger partial charge in [-0.05, 0) is 79.5 Å². The molecule has 0 unspecified atom stereocenters. The van der Waals surface area contributed by atoms with Crippen molar-refractivity contribution >= 4 is 12.1 Å². The van der Waals surface area contributed by atoms with Crippen LogP contribution in [0.3, 0.4) is 0 Å². The van der Waals surface area contributed by atoms with E-state index in [1.165, 1.54) is 24.3 Å². The number of Topliss-reactive ketones (excluding diaryl/α,β-unsaturated/α-hetero) is 1. The van der Waals surface area contributed by atoms with Crippen LogP contribution in [-0.4, -0.2) is 53.4 Å². The number of piperidine rings is 1. The Morgan fingerprint density at radius 1 is 1.08 bits per heavy atom. The summed E-state index contributed by atoms with van der Waals surface area (Å²) in [4.78, 5) is 27.7. The summed E-state index contributed by atoms with van der Waals surface area (Å²) in [7, 11) is 0. The molecule has 0 aliphatic carbocycles. The monoisotopic (exact) mass is 490 g/mol. The van der Waals surface area contributed by atoms with Gasteiger partial charge in [-0.15, -0.1) is 0 Å². The van der Waals surface area contributed by atoms with Gasteiger partial charge in [0, 0.05) is 42.0 Å². The Labute approximate surface area is 210 Å². The smallest absolute Gasteiger partial charge is 0.167 e. The molecule has 1 heterocycles. The van der Waals surface area contributed by atoms with Crippen LogP contribution in [0.25, 0.3) is 0 Å². The first-order valence-corrected chi connectivity index (χ1v) is 12.1. The number of aldehydes is 1. The topological polar surface area (TPSA) is 104 Å². The second-order valence-electron chi connectivity index (χ2n) is 9.48. The van der Waals surface area contributed by atoms with Gasteiger partial charge in [0.05, 0.1) is 0 Å². The van der Waals surface area contributed by atoms with E-state index in [0.717, 1.165) is 6.42 Å². The number of carbonyl (C=O) groups is 2. The number of benzene rings is 3. The Kier molecular flexibility index (Phi) is 7.82. The van der Waals surface area contributed by atoms with Crippen LogP contribution >= 0.6 is 0 Å². The third-order valence-electron chi connectivity index (χ3n) is 7.12. The number of rotatable bonds is 8. The van der Waals surface area contributed by atoms with Crippen LogP contribution in [0.1, 0.15) is 55.7 Å². The van der Waals surface area contributed by atoms with Crippen molar-refractivity contribution in [3.63, 3.8) is 0 Å². The van der Waals surface area contributed by atoms with Crippen LogP contribution in [-0.2, 0) is 0 Å². The summed E-state index contributed by atoms with van der Waals surface area (Å²) in [6.45, 7) is 3.86. The summed E-state index contributed by atoms with van der Waals surface area (Å²) in [5.74, 6) is -1.86. The maximum absolute atomic E-state index is 14.8. The number of aromatic hydroxyl groups is 2. The molecule has 36 heavy (non-hydrogen) atoms. The van der Waals surface area contributed by atoms with Crippen molar-refractivity contribution in [2.45, 2.75) is 25.2 Å². The van der Waals surface area contributed by atoms with E-state index in [1.807, 2.05) is 6.07 Å². The van der Waals surface area contributed by atoms with E-state index >= 15 is 0 Å². The predicted molar refractivity (Wildman–Crippen MR) is 136 cm³/mol. The lowest BCUT2D eigenvalue weighted by Gasteiger charge is -2.44. The molecule has 3 aromatic rings. The zero-order valence-electron chi connectivity index (χ0n) is 20.2. The van der Waals surface area contributed by atoms with Gasteiger partial charge in [-0.2, -0.15) is 0 Å². The Balaban J connectivity index is 1.90. The van der Waals surface area contributed by atoms with Crippen LogP contribution in [0.5, 0.6) is 11.5 Å². The average molecular weight is 491 g/mol. The molecule has 3 aromatic carbocycles. The number of phenols is 2. The first kappa shape index (κ1) is 25.5. The van der Waals surface area contributed by atoms with Crippen LogP contribution in [0.15, 0.2) is 60.7 Å². The molecule has 1 saturated heterocycles. The van der Waals surface area contributed by atoms with Gasteiger partial charge in [-0.25, -0.2) is 4.39 Å². The number of phenolic OH excluding ortho intramolecular Hbond substituents is 2. The van der Waals surface area contributed by atoms with Crippen LogP contribution < -0.4 is 5.73 Å². The molecule has 188 valence electrons. The molecular weight excluding hydrogens is 459 g/mol. The van der Waals surface area contributed by atoms with Crippen molar-refractivity contribution < 1.29 is 24.2 Å². The third kappa shape index (κ3) is 5.32. The number of carbonyl (C=O) groups excluding carboxylic acids is 2. The number of hydrogen-bond donors (Lipinski definition) is 3. The summed E-state index contributed by atoms with van der Waals surface area (Å²) >= 11 is 0. The standard InChI is InChI=1S/C29H31FN2O4/c1-18-24(7-3-8-27(18)30)28-25(21-11-19(17-33)12-23(35)14-21)15-32(10-4-9-31)16-26(28)29(36)20-5-2-6-22(34)13-20/h2-3,5-8,11-14,17,25-26,28,34-35H,4,9-10,15-16,31H2,1H3/t25-,26+,28-/m1/s1. The summed E-state index contributed by atoms with van der Waals surface area (Å²) in [6.07, 6.45) is 1.42. The van der Waals surface area contributed by atoms with Crippen LogP contribution in [0.2, 0.25) is 0 Å². The first-order valence-electron chi connectivity index (χ1n) is 12.1. The molecule has 4 N–H and O–H groups in total. The minimum atomic E-state index is -0.564. The van der Waals surface area contributed by atoms with Gasteiger partial charge >= 0.3 is 0 Å². The lowest BCUT2D eigenvalue weighted by molar-refractivity contribution is 0.0738. The minimum absolute atomic E-state index is 0.00436. The van der Waals surface area contributed by atoms with Crippen LogP contribution in [0, 0.1) is 18.7 Å². The molecule has 0 amide bonds. The van der Waals surface area contributed by atoms with E-state index in [9.17, 15) is 24.2 Å². The van der Waals surface area contributed by atoms with Crippen LogP contribution in [0.4, 0.5) is 4.39 Å². The summed E-state index contributed by atoms with van der Waals surface area (Å²) < 4.78 is 14.8. The number of nitrogens with two attached hydrogens (primary N) is 1. The minimum Gasteiger partial charge on any atom is -0.508 e. The first-order chi connectivity index (χ1) is 17.3. The quantitative estimate of drug-likeness (QED) is 0.320. The molecule has 0 aromatic heterocycles. The molecule has 7 heteroatoms. The summed E-state index contributed by atoms with van der Waals surface area (Å²) in [5.41, 5.74) is 8.36. The fourth-order valence-electron chi connectivity index (χ4n) is 5.43. The van der Waals surface area contributed by atoms with Gasteiger partial charge in [0.1, 0.15) is 23.6 Å². The van der Waals surface area contributed by atoms with Gasteiger partial charge in [0.2, 0.25) is 0 Å². The van der Waals surface area contributed by atoms with E-state index < -0.39 is 11.8 Å². The molecule has 1 aliphatic heterocycles. The molecular formula is C29H31FN2O4. The lowest BCUT2D eigenvalue weighted by Crippen LogP contribution is -2.47. The van der Waals surface area contributed by atoms with Crippen molar-refractivity contribution in [3.05, 3.63) is 94.3 Å². The van der Waals surface area contributed by atoms with E-state index in [-0.39, 0.29) is 29.0 Å². The highest BCUT2D eigenvalue weighted by Crippen LogP contribution is 2.46. The zero-order valence-corrected chi connectivity index (χ0v) is 20.2. The van der Waals surface area contributed by atoms with Gasteiger partial charge in [-0.1, -0.05) is 24.3 Å². The third-order valence-corrected chi connectivity index (χ3v) is 7.12. The van der Waals surface area contributed by atoms with E-state index in [1.54, 1.807) is 37.3 Å². The van der Waals surface area contributed by atoms with Crippen molar-refractivity contribution in [3.8, 4) is 11.5 Å². The maximum Gasteiger partial charge on any atom is 0.167 e. The van der Waals surface area contributed by atoms with Crippen molar-refractivity contribution in [1.82, 2.24) is 4.90 Å². The molecule has 4 rings (SSSR count). The van der Waals surface area contributed by atoms with Gasteiger partial charge < -0.3 is 20.8 Å². The predicted octanol–water partition coefficient (Wildman–Crippen LogP) is 4.39. The highest BCUT2D eigenvalue weighted by Gasteiger charge is 2.43. The zero-order chi connectivity index (χ0) is 25.8. The molecule has 0 radical (unpaired) electrons. The number of hydrogen-bond acceptors (Lipinski definition) is 6. The van der Waals surface area contributed by atoms with E-state index in [4.69, 9.17) is 5.73 Å². The molecule has 0 saturated carbocycles. The SMILES string of the molecule is Cc1c(F)cccc1[C@H]1[C@@H](C(=O)c2cccc(O)c2)CN(CCCN)C[C@@H]1c1cc(O)cc(C=O)c1. The maximum atomic E-state index is 14.8. The fraction of sp³-hybridized carbons (Fsp3) is 0.310. The fourth-order valence-corrected chi connectivity index (χ4v) is 5.43. The van der Waals surface area contributed by atoms with Crippen molar-refractivity contribution in [2.24, 2.45) is 11.7 Å². The second kappa shape index (κ2) is 11.0. The lowest BCUT2D eigenvalue weighted by atomic mass is 9.67. The normalized spacial score (nSPS) is 20.2. The Morgan fingerprint density at radius 2 is 1.86 bits per heavy atom. The summed E-state index contributed by atoms with van der Waals surface area (Å²) in [5, 5.41) is 20.4. The molecule has 6 nitrogen and oxygen atoms in total. The largest absolute Gasteiger partial charge is 0.508 e. The Bertz CT molecular complexity index is 1260. The van der Waals surface area contributed by atoms with E-state index in [0.29, 0.717) is 60.3 Å². The van der Waals surface area contributed by atoms with E-state index in [2.05, 4.69) is 4.90 Å². The number of likely N-dealkylation sites (tertiary alicyclic amines) is 1. The van der Waals surface area contributed by atoms with Gasteiger partial charge in [0.25, 0.3) is 0 Å². The molecule has 3 atom stereocenters. The van der Waals surface area contributed by atoms with Crippen molar-refractivity contribution in [1.29, 1.82) is 0 Å². The Morgan fingerprint density at radius 3 is 2.58 bits per heavy atom. The number of ketones is 1. The highest BCUT2D eigenvalue weighted by molar-refractivity contribution is 5.99. The molecule has 1 fully saturated rings. The highest BCUT2D eigenvalue weighted by atomic mass is 19.1. The molecule has 0 bridgehead atoms. The average Bonchev–Trinajstić information content (AvgIpc) is 2.87. The molecule has 1 aliphatic rings. The molecule has 0 spiro atoms. The van der Waals surface area contributed by atoms with Gasteiger partial charge in [0.15, 0.2) is 5.78 Å². The second-order valence-corrected chi connectivity index (χ2v) is 9.48. The Hall–Kier alpha value is -3.55. The van der Waals surface area contributed by atoms with Gasteiger partial charge in [-0.3, -0.25) is 9.59 Å². The number of halogens is 1. The van der Waals surface area contributed by atoms with Crippen molar-refractivity contribution in [2.75, 3.05) is 26.2 Å². The number of nitrogens with zero attached hydrogens (tertiary/aromatic N) is 1.